The molecule has 182 valence electrons. The number of benzene rings is 2. The van der Waals surface area contributed by atoms with Gasteiger partial charge in [0.2, 0.25) is 10.0 Å². The third-order valence-corrected chi connectivity index (χ3v) is 8.02. The molecule has 0 radical (unpaired) electrons. The molecule has 10 nitrogen and oxygen atoms in total. The molecule has 1 unspecified atom stereocenters. The predicted molar refractivity (Wildman–Crippen MR) is 124 cm³/mol. The summed E-state index contributed by atoms with van der Waals surface area (Å²) in [6, 6.07) is 7.99. The zero-order valence-electron chi connectivity index (χ0n) is 19.5. The fraction of sp³-hybridized carbons (Fsp3) is 0.391. The van der Waals surface area contributed by atoms with Crippen molar-refractivity contribution < 1.29 is 32.2 Å². The molecule has 0 spiro atoms. The number of rotatable bonds is 5. The molecule has 11 heteroatoms. The summed E-state index contributed by atoms with van der Waals surface area (Å²) >= 11 is 0. The first-order valence-corrected chi connectivity index (χ1v) is 12.2. The van der Waals surface area contributed by atoms with E-state index >= 15 is 0 Å². The quantitative estimate of drug-likeness (QED) is 0.682. The number of amides is 2. The van der Waals surface area contributed by atoms with E-state index in [1.807, 2.05) is 0 Å². The summed E-state index contributed by atoms with van der Waals surface area (Å²) in [6.07, 6.45) is -0.711. The highest BCUT2D eigenvalue weighted by atomic mass is 32.2. The van der Waals surface area contributed by atoms with Gasteiger partial charge in [-0.05, 0) is 43.7 Å². The van der Waals surface area contributed by atoms with Crippen LogP contribution in [-0.2, 0) is 14.8 Å². The van der Waals surface area contributed by atoms with E-state index in [0.717, 1.165) is 0 Å². The van der Waals surface area contributed by atoms with E-state index in [9.17, 15) is 18.0 Å². The molecule has 2 heterocycles. The van der Waals surface area contributed by atoms with Crippen molar-refractivity contribution in [1.82, 2.24) is 9.21 Å². The fourth-order valence-electron chi connectivity index (χ4n) is 4.04. The standard InChI is InChI=1S/C23H27N3O7S/c1-14-11-17-19(33-15(2)22(27)24-17)13-21(14)34(29,30)26-9-7-25(8-10-26)23(28)16-5-6-18(31-3)20(12-16)32-4/h5-6,11-13,15H,7-10H2,1-4H3,(H,24,27). The molecule has 1 saturated heterocycles. The maximum atomic E-state index is 13.4. The monoisotopic (exact) mass is 489 g/mol. The first-order valence-electron chi connectivity index (χ1n) is 10.8. The average molecular weight is 490 g/mol. The molecule has 0 aliphatic carbocycles. The smallest absolute Gasteiger partial charge is 0.265 e. The number of ether oxygens (including phenoxy) is 3. The number of piperazine rings is 1. The van der Waals surface area contributed by atoms with Crippen LogP contribution in [-0.4, -0.2) is 75.9 Å². The van der Waals surface area contributed by atoms with Crippen molar-refractivity contribution in [1.29, 1.82) is 0 Å². The van der Waals surface area contributed by atoms with Crippen molar-refractivity contribution in [2.24, 2.45) is 0 Å². The van der Waals surface area contributed by atoms with Crippen LogP contribution in [0.15, 0.2) is 35.2 Å². The van der Waals surface area contributed by atoms with Gasteiger partial charge in [-0.2, -0.15) is 4.31 Å². The van der Waals surface area contributed by atoms with Crippen molar-refractivity contribution in [3.63, 3.8) is 0 Å². The van der Waals surface area contributed by atoms with Crippen LogP contribution in [0.5, 0.6) is 17.2 Å². The highest BCUT2D eigenvalue weighted by molar-refractivity contribution is 7.89. The Morgan fingerprint density at radius 2 is 1.74 bits per heavy atom. The minimum Gasteiger partial charge on any atom is -0.493 e. The second-order valence-corrected chi connectivity index (χ2v) is 10.0. The van der Waals surface area contributed by atoms with Crippen molar-refractivity contribution in [3.05, 3.63) is 41.5 Å². The molecule has 2 amide bonds. The van der Waals surface area contributed by atoms with E-state index < -0.39 is 16.1 Å². The van der Waals surface area contributed by atoms with E-state index in [1.165, 1.54) is 24.6 Å². The van der Waals surface area contributed by atoms with Gasteiger partial charge in [-0.1, -0.05) is 0 Å². The Balaban J connectivity index is 1.49. The van der Waals surface area contributed by atoms with Crippen molar-refractivity contribution >= 4 is 27.5 Å². The third kappa shape index (κ3) is 4.28. The van der Waals surface area contributed by atoms with Gasteiger partial charge >= 0.3 is 0 Å². The molecule has 2 aliphatic heterocycles. The van der Waals surface area contributed by atoms with Gasteiger partial charge in [0.1, 0.15) is 5.75 Å². The molecule has 4 rings (SSSR count). The first kappa shape index (κ1) is 23.8. The summed E-state index contributed by atoms with van der Waals surface area (Å²) in [6.45, 7) is 4.09. The Kier molecular flexibility index (Phi) is 6.41. The van der Waals surface area contributed by atoms with Crippen LogP contribution in [0, 0.1) is 6.92 Å². The number of carbonyl (C=O) groups excluding carboxylic acids is 2. The Bertz CT molecular complexity index is 1240. The van der Waals surface area contributed by atoms with Crippen LogP contribution in [0.3, 0.4) is 0 Å². The molecule has 0 saturated carbocycles. The normalized spacial score (nSPS) is 18.5. The summed E-state index contributed by atoms with van der Waals surface area (Å²) in [5, 5.41) is 2.72. The van der Waals surface area contributed by atoms with Gasteiger partial charge in [-0.15, -0.1) is 0 Å². The fourth-order valence-corrected chi connectivity index (χ4v) is 5.69. The third-order valence-electron chi connectivity index (χ3n) is 5.98. The van der Waals surface area contributed by atoms with Crippen LogP contribution >= 0.6 is 0 Å². The second kappa shape index (κ2) is 9.15. The Morgan fingerprint density at radius 1 is 1.06 bits per heavy atom. The van der Waals surface area contributed by atoms with Gasteiger partial charge in [0.05, 0.1) is 24.8 Å². The highest BCUT2D eigenvalue weighted by Crippen LogP contribution is 2.35. The van der Waals surface area contributed by atoms with E-state index in [0.29, 0.717) is 34.1 Å². The second-order valence-electron chi connectivity index (χ2n) is 8.13. The van der Waals surface area contributed by atoms with Gasteiger partial charge in [0, 0.05) is 37.8 Å². The maximum Gasteiger partial charge on any atom is 0.265 e. The molecule has 34 heavy (non-hydrogen) atoms. The maximum absolute atomic E-state index is 13.4. The lowest BCUT2D eigenvalue weighted by atomic mass is 10.1. The SMILES string of the molecule is COc1ccc(C(=O)N2CCN(S(=O)(=O)c3cc4c(cc3C)NC(=O)C(C)O4)CC2)cc1OC. The molecule has 2 aliphatic rings. The van der Waals surface area contributed by atoms with Crippen LogP contribution in [0.4, 0.5) is 5.69 Å². The number of anilines is 1. The summed E-state index contributed by atoms with van der Waals surface area (Å²) in [5.41, 5.74) is 1.39. The number of fused-ring (bicyclic) bond motifs is 1. The molecule has 1 N–H and O–H groups in total. The van der Waals surface area contributed by atoms with Gasteiger partial charge < -0.3 is 24.4 Å². The van der Waals surface area contributed by atoms with Crippen LogP contribution in [0.2, 0.25) is 0 Å². The van der Waals surface area contributed by atoms with E-state index in [-0.39, 0.29) is 42.9 Å². The van der Waals surface area contributed by atoms with Crippen molar-refractivity contribution in [2.75, 3.05) is 45.7 Å². The van der Waals surface area contributed by atoms with Crippen LogP contribution < -0.4 is 19.5 Å². The van der Waals surface area contributed by atoms with Crippen LogP contribution in [0.1, 0.15) is 22.8 Å². The zero-order valence-corrected chi connectivity index (χ0v) is 20.3. The number of nitrogens with one attached hydrogen (secondary N) is 1. The molecule has 2 aromatic rings. The lowest BCUT2D eigenvalue weighted by Gasteiger charge is -2.34. The van der Waals surface area contributed by atoms with Gasteiger partial charge in [-0.3, -0.25) is 9.59 Å². The van der Waals surface area contributed by atoms with E-state index in [2.05, 4.69) is 5.32 Å². The number of hydrogen-bond donors (Lipinski definition) is 1. The lowest BCUT2D eigenvalue weighted by Crippen LogP contribution is -2.50. The summed E-state index contributed by atoms with van der Waals surface area (Å²) in [4.78, 5) is 26.6. The van der Waals surface area contributed by atoms with Crippen molar-refractivity contribution in [3.8, 4) is 17.2 Å². The number of sulfonamides is 1. The molecular weight excluding hydrogens is 462 g/mol. The van der Waals surface area contributed by atoms with Crippen LogP contribution in [0.25, 0.3) is 0 Å². The Labute approximate surface area is 198 Å². The van der Waals surface area contributed by atoms with Crippen molar-refractivity contribution in [2.45, 2.75) is 24.8 Å². The summed E-state index contributed by atoms with van der Waals surface area (Å²) < 4.78 is 44.2. The number of methoxy groups -OCH3 is 2. The average Bonchev–Trinajstić information content (AvgIpc) is 2.83. The minimum absolute atomic E-state index is 0.120. The molecule has 1 fully saturated rings. The molecule has 1 atom stereocenters. The summed E-state index contributed by atoms with van der Waals surface area (Å²) in [7, 11) is -0.807. The van der Waals surface area contributed by atoms with E-state index in [1.54, 1.807) is 43.0 Å². The number of hydrogen-bond acceptors (Lipinski definition) is 7. The predicted octanol–water partition coefficient (Wildman–Crippen LogP) is 1.88. The molecule has 0 bridgehead atoms. The summed E-state index contributed by atoms with van der Waals surface area (Å²) in [5.74, 6) is 0.802. The number of carbonyl (C=O) groups is 2. The largest absolute Gasteiger partial charge is 0.493 e. The van der Waals surface area contributed by atoms with Gasteiger partial charge in [0.25, 0.3) is 11.8 Å². The van der Waals surface area contributed by atoms with E-state index in [4.69, 9.17) is 14.2 Å². The number of nitrogens with zero attached hydrogens (tertiary/aromatic N) is 2. The minimum atomic E-state index is -3.82. The topological polar surface area (TPSA) is 114 Å². The number of aryl methyl sites for hydroxylation is 1. The van der Waals surface area contributed by atoms with Gasteiger partial charge in [-0.25, -0.2) is 8.42 Å². The molecule has 2 aromatic carbocycles. The zero-order chi connectivity index (χ0) is 24.6. The Hall–Kier alpha value is -3.31. The Morgan fingerprint density at radius 3 is 2.38 bits per heavy atom. The first-order chi connectivity index (χ1) is 16.1. The molecular formula is C23H27N3O7S. The highest BCUT2D eigenvalue weighted by Gasteiger charge is 2.33. The van der Waals surface area contributed by atoms with Gasteiger partial charge in [0.15, 0.2) is 17.6 Å². The lowest BCUT2D eigenvalue weighted by molar-refractivity contribution is -0.122. The molecule has 0 aromatic heterocycles.